The lowest BCUT2D eigenvalue weighted by atomic mass is 9.99. The van der Waals surface area contributed by atoms with E-state index >= 15 is 0 Å². The summed E-state index contributed by atoms with van der Waals surface area (Å²) in [4.78, 5) is 25.8. The molecule has 1 aromatic rings. The molecule has 32 heavy (non-hydrogen) atoms. The number of carbonyl (C=O) groups is 2. The molecule has 1 rings (SSSR count). The van der Waals surface area contributed by atoms with Crippen LogP contribution in [0.4, 0.5) is 15.3 Å². The number of nitrogens with one attached hydrogen (secondary N) is 4. The van der Waals surface area contributed by atoms with E-state index in [-0.39, 0.29) is 12.1 Å². The van der Waals surface area contributed by atoms with E-state index < -0.39 is 0 Å². The standard InChI is InChI=1S/C25H45N5O2/c1-5-7-12-21(6-2)19-28-24(31)26-17-10-8-9-11-18-27-25(32)29-20-22-13-15-23(16-14-22)30(3)4/h13-16,21H,5-12,17-20H2,1-4H3,(H2,26,28,31)(H2,27,29,32). The Kier molecular flexibility index (Phi) is 14.8. The Bertz CT molecular complexity index is 634. The van der Waals surface area contributed by atoms with Crippen LogP contribution < -0.4 is 26.2 Å². The number of benzene rings is 1. The minimum Gasteiger partial charge on any atom is -0.378 e. The second-order valence-corrected chi connectivity index (χ2v) is 8.64. The van der Waals surface area contributed by atoms with Crippen LogP contribution in [-0.4, -0.2) is 45.8 Å². The van der Waals surface area contributed by atoms with E-state index in [0.29, 0.717) is 25.6 Å². The van der Waals surface area contributed by atoms with Crippen molar-refractivity contribution in [2.24, 2.45) is 5.92 Å². The van der Waals surface area contributed by atoms with Gasteiger partial charge in [-0.2, -0.15) is 0 Å². The van der Waals surface area contributed by atoms with Gasteiger partial charge in [0.05, 0.1) is 0 Å². The minimum atomic E-state index is -0.135. The number of carbonyl (C=O) groups excluding carboxylic acids is 2. The molecule has 0 heterocycles. The van der Waals surface area contributed by atoms with E-state index in [2.05, 4.69) is 35.1 Å². The van der Waals surface area contributed by atoms with Crippen molar-refractivity contribution in [3.8, 4) is 0 Å². The maximum atomic E-state index is 11.9. The van der Waals surface area contributed by atoms with Crippen molar-refractivity contribution in [2.75, 3.05) is 38.6 Å². The summed E-state index contributed by atoms with van der Waals surface area (Å²) in [6.07, 6.45) is 8.68. The molecule has 0 radical (unpaired) electrons. The first kappa shape index (κ1) is 27.6. The van der Waals surface area contributed by atoms with Gasteiger partial charge in [0.1, 0.15) is 0 Å². The highest BCUT2D eigenvalue weighted by Gasteiger charge is 2.07. The summed E-state index contributed by atoms with van der Waals surface area (Å²) in [7, 11) is 4.01. The Balaban J connectivity index is 1.98. The first-order valence-corrected chi connectivity index (χ1v) is 12.3. The fraction of sp³-hybridized carbons (Fsp3) is 0.680. The lowest BCUT2D eigenvalue weighted by Gasteiger charge is -2.15. The number of hydrogen-bond donors (Lipinski definition) is 4. The number of hydrogen-bond acceptors (Lipinski definition) is 3. The SMILES string of the molecule is CCCCC(CC)CNC(=O)NCCCCCCNC(=O)NCc1ccc(N(C)C)cc1. The maximum Gasteiger partial charge on any atom is 0.315 e. The first-order valence-electron chi connectivity index (χ1n) is 12.3. The van der Waals surface area contributed by atoms with Crippen molar-refractivity contribution in [3.63, 3.8) is 0 Å². The predicted octanol–water partition coefficient (Wildman–Crippen LogP) is 4.63. The van der Waals surface area contributed by atoms with Crippen molar-refractivity contribution >= 4 is 17.7 Å². The van der Waals surface area contributed by atoms with Crippen LogP contribution in [0.1, 0.15) is 70.8 Å². The first-order chi connectivity index (χ1) is 15.5. The highest BCUT2D eigenvalue weighted by molar-refractivity contribution is 5.74. The molecule has 1 unspecified atom stereocenters. The zero-order valence-corrected chi connectivity index (χ0v) is 20.6. The van der Waals surface area contributed by atoms with Gasteiger partial charge in [0, 0.05) is 46.0 Å². The molecular formula is C25H45N5O2. The van der Waals surface area contributed by atoms with Crippen LogP contribution in [0.25, 0.3) is 0 Å². The zero-order valence-electron chi connectivity index (χ0n) is 20.6. The fourth-order valence-electron chi connectivity index (χ4n) is 3.41. The van der Waals surface area contributed by atoms with Crippen LogP contribution in [0.3, 0.4) is 0 Å². The van der Waals surface area contributed by atoms with E-state index in [0.717, 1.165) is 49.9 Å². The Hall–Kier alpha value is -2.44. The molecule has 0 saturated carbocycles. The van der Waals surface area contributed by atoms with Crippen LogP contribution in [0.15, 0.2) is 24.3 Å². The van der Waals surface area contributed by atoms with Gasteiger partial charge in [0.15, 0.2) is 0 Å². The smallest absolute Gasteiger partial charge is 0.315 e. The van der Waals surface area contributed by atoms with Crippen LogP contribution >= 0.6 is 0 Å². The molecular weight excluding hydrogens is 402 g/mol. The predicted molar refractivity (Wildman–Crippen MR) is 134 cm³/mol. The van der Waals surface area contributed by atoms with E-state index in [1.54, 1.807) is 0 Å². The molecule has 0 aliphatic heterocycles. The summed E-state index contributed by atoms with van der Waals surface area (Å²) in [6.45, 7) is 7.02. The number of nitrogens with zero attached hydrogens (tertiary/aromatic N) is 1. The molecule has 7 heteroatoms. The van der Waals surface area contributed by atoms with Crippen molar-refractivity contribution < 1.29 is 9.59 Å². The third-order valence-corrected chi connectivity index (χ3v) is 5.68. The highest BCUT2D eigenvalue weighted by Crippen LogP contribution is 2.12. The molecule has 0 spiro atoms. The van der Waals surface area contributed by atoms with Crippen molar-refractivity contribution in [3.05, 3.63) is 29.8 Å². The van der Waals surface area contributed by atoms with E-state index in [1.807, 2.05) is 43.3 Å². The Morgan fingerprint density at radius 3 is 1.94 bits per heavy atom. The van der Waals surface area contributed by atoms with E-state index in [4.69, 9.17) is 0 Å². The molecule has 0 aromatic heterocycles. The van der Waals surface area contributed by atoms with Gasteiger partial charge in [-0.25, -0.2) is 9.59 Å². The third-order valence-electron chi connectivity index (χ3n) is 5.68. The zero-order chi connectivity index (χ0) is 23.6. The summed E-state index contributed by atoms with van der Waals surface area (Å²) in [6, 6.07) is 7.95. The quantitative estimate of drug-likeness (QED) is 0.279. The summed E-state index contributed by atoms with van der Waals surface area (Å²) >= 11 is 0. The lowest BCUT2D eigenvalue weighted by Crippen LogP contribution is -2.38. The number of anilines is 1. The fourth-order valence-corrected chi connectivity index (χ4v) is 3.41. The number of unbranched alkanes of at least 4 members (excludes halogenated alkanes) is 4. The Morgan fingerprint density at radius 1 is 0.812 bits per heavy atom. The molecule has 4 N–H and O–H groups in total. The largest absolute Gasteiger partial charge is 0.378 e. The average Bonchev–Trinajstić information content (AvgIpc) is 2.79. The molecule has 0 aliphatic rings. The monoisotopic (exact) mass is 447 g/mol. The number of urea groups is 2. The lowest BCUT2D eigenvalue weighted by molar-refractivity contribution is 0.237. The van der Waals surface area contributed by atoms with Crippen LogP contribution in [-0.2, 0) is 6.54 Å². The second-order valence-electron chi connectivity index (χ2n) is 8.64. The van der Waals surface area contributed by atoms with Gasteiger partial charge in [0.25, 0.3) is 0 Å². The van der Waals surface area contributed by atoms with Crippen LogP contribution in [0.5, 0.6) is 0 Å². The molecule has 7 nitrogen and oxygen atoms in total. The Labute approximate surface area is 195 Å². The summed E-state index contributed by atoms with van der Waals surface area (Å²) in [5.41, 5.74) is 2.22. The van der Waals surface area contributed by atoms with Gasteiger partial charge in [0.2, 0.25) is 0 Å². The second kappa shape index (κ2) is 17.2. The number of amides is 4. The molecule has 1 aromatic carbocycles. The summed E-state index contributed by atoms with van der Waals surface area (Å²) in [5.74, 6) is 0.578. The normalized spacial score (nSPS) is 11.5. The third kappa shape index (κ3) is 13.1. The van der Waals surface area contributed by atoms with Crippen LogP contribution in [0, 0.1) is 5.92 Å². The average molecular weight is 448 g/mol. The van der Waals surface area contributed by atoms with Gasteiger partial charge in [-0.1, -0.05) is 58.1 Å². The molecule has 0 bridgehead atoms. The summed E-state index contributed by atoms with van der Waals surface area (Å²) < 4.78 is 0. The Morgan fingerprint density at radius 2 is 1.41 bits per heavy atom. The van der Waals surface area contributed by atoms with Crippen molar-refractivity contribution in [2.45, 2.75) is 71.8 Å². The van der Waals surface area contributed by atoms with E-state index in [1.165, 1.54) is 19.3 Å². The minimum absolute atomic E-state index is 0.0605. The highest BCUT2D eigenvalue weighted by atomic mass is 16.2. The molecule has 4 amide bonds. The van der Waals surface area contributed by atoms with Crippen molar-refractivity contribution in [1.82, 2.24) is 21.3 Å². The van der Waals surface area contributed by atoms with Gasteiger partial charge in [-0.05, 0) is 42.9 Å². The molecule has 182 valence electrons. The van der Waals surface area contributed by atoms with Gasteiger partial charge < -0.3 is 26.2 Å². The maximum absolute atomic E-state index is 11.9. The topological polar surface area (TPSA) is 85.5 Å². The van der Waals surface area contributed by atoms with Crippen molar-refractivity contribution in [1.29, 1.82) is 0 Å². The molecule has 0 fully saturated rings. The van der Waals surface area contributed by atoms with Crippen LogP contribution in [0.2, 0.25) is 0 Å². The van der Waals surface area contributed by atoms with E-state index in [9.17, 15) is 9.59 Å². The molecule has 1 atom stereocenters. The molecule has 0 saturated heterocycles. The van der Waals surface area contributed by atoms with Gasteiger partial charge >= 0.3 is 12.1 Å². The number of rotatable bonds is 16. The van der Waals surface area contributed by atoms with Gasteiger partial charge in [-0.15, -0.1) is 0 Å². The summed E-state index contributed by atoms with van der Waals surface area (Å²) in [5, 5.41) is 11.7. The van der Waals surface area contributed by atoms with Gasteiger partial charge in [-0.3, -0.25) is 0 Å². The molecule has 0 aliphatic carbocycles.